The fourth-order valence-corrected chi connectivity index (χ4v) is 6.07. The second-order valence-electron chi connectivity index (χ2n) is 9.22. The topological polar surface area (TPSA) is 98.8 Å². The Morgan fingerprint density at radius 3 is 2.28 bits per heavy atom. The molecular weight excluding hydrogens is 583 g/mol. The van der Waals surface area contributed by atoms with Crippen LogP contribution < -0.4 is 24.8 Å². The van der Waals surface area contributed by atoms with Crippen molar-refractivity contribution in [2.75, 3.05) is 32.0 Å². The van der Waals surface area contributed by atoms with Crippen molar-refractivity contribution >= 4 is 45.7 Å². The highest BCUT2D eigenvalue weighted by Crippen LogP contribution is 2.38. The number of rotatable bonds is 11. The minimum atomic E-state index is -0.567. The van der Waals surface area contributed by atoms with Crippen LogP contribution in [0.15, 0.2) is 107 Å². The van der Waals surface area contributed by atoms with E-state index in [2.05, 4.69) is 15.6 Å². The summed E-state index contributed by atoms with van der Waals surface area (Å²) in [7, 11) is 4.75. The number of nitrogens with one attached hydrogen (secondary N) is 2. The fourth-order valence-electron chi connectivity index (χ4n) is 4.26. The van der Waals surface area contributed by atoms with Gasteiger partial charge in [0.1, 0.15) is 11.0 Å². The van der Waals surface area contributed by atoms with E-state index < -0.39 is 5.25 Å². The van der Waals surface area contributed by atoms with Gasteiger partial charge in [0.2, 0.25) is 5.91 Å². The molecule has 1 aromatic heterocycles. The Morgan fingerprint density at radius 2 is 1.56 bits per heavy atom. The van der Waals surface area contributed by atoms with Crippen molar-refractivity contribution in [3.8, 4) is 28.5 Å². The van der Waals surface area contributed by atoms with Crippen molar-refractivity contribution < 1.29 is 23.8 Å². The molecule has 2 N–H and O–H groups in total. The third-order valence-corrected chi connectivity index (χ3v) is 8.46. The quantitative estimate of drug-likeness (QED) is 0.149. The summed E-state index contributed by atoms with van der Waals surface area (Å²) in [6, 6.07) is 29.4. The summed E-state index contributed by atoms with van der Waals surface area (Å²) in [6.07, 6.45) is 0. The van der Waals surface area contributed by atoms with Crippen LogP contribution >= 0.6 is 23.1 Å². The molecule has 0 saturated heterocycles. The molecule has 0 bridgehead atoms. The highest BCUT2D eigenvalue weighted by Gasteiger charge is 2.24. The number of carbonyl (C=O) groups excluding carboxylic acids is 2. The largest absolute Gasteiger partial charge is 0.497 e. The number of methoxy groups -OCH3 is 3. The molecule has 0 spiro atoms. The molecule has 1 heterocycles. The zero-order valence-electron chi connectivity index (χ0n) is 23.7. The Labute approximate surface area is 258 Å². The standard InChI is InChI=1S/C33H29N3O5S2/c1-39-25-15-12-22(13-16-25)31(37)34-24-10-7-11-26(19-24)43-30(21-8-5-4-6-9-21)32(38)36-33-35-27(20-42-33)23-14-17-28(40-2)29(18-23)41-3/h4-20,30H,1-3H3,(H,34,37)(H,35,36,38). The number of amides is 2. The van der Waals surface area contributed by atoms with E-state index in [1.54, 1.807) is 45.6 Å². The van der Waals surface area contributed by atoms with Gasteiger partial charge in [0.25, 0.3) is 5.91 Å². The van der Waals surface area contributed by atoms with E-state index in [4.69, 9.17) is 14.2 Å². The van der Waals surface area contributed by atoms with E-state index in [-0.39, 0.29) is 11.8 Å². The second kappa shape index (κ2) is 13.9. The Kier molecular flexibility index (Phi) is 9.60. The van der Waals surface area contributed by atoms with Gasteiger partial charge in [-0.3, -0.25) is 9.59 Å². The molecule has 8 nitrogen and oxygen atoms in total. The van der Waals surface area contributed by atoms with E-state index in [1.807, 2.05) is 78.2 Å². The Balaban J connectivity index is 1.32. The van der Waals surface area contributed by atoms with Crippen LogP contribution in [0.1, 0.15) is 21.2 Å². The third-order valence-electron chi connectivity index (χ3n) is 6.45. The number of ether oxygens (including phenoxy) is 3. The van der Waals surface area contributed by atoms with E-state index in [0.717, 1.165) is 16.0 Å². The molecule has 2 amide bonds. The highest BCUT2D eigenvalue weighted by atomic mass is 32.2. The molecule has 0 radical (unpaired) electrons. The molecule has 0 aliphatic heterocycles. The van der Waals surface area contributed by atoms with Crippen LogP contribution in [0.25, 0.3) is 11.3 Å². The summed E-state index contributed by atoms with van der Waals surface area (Å²) in [5, 5.41) is 7.73. The van der Waals surface area contributed by atoms with Crippen LogP contribution in [-0.2, 0) is 4.79 Å². The van der Waals surface area contributed by atoms with Crippen molar-refractivity contribution in [1.29, 1.82) is 0 Å². The summed E-state index contributed by atoms with van der Waals surface area (Å²) in [4.78, 5) is 31.9. The molecule has 10 heteroatoms. The molecule has 5 aromatic rings. The Morgan fingerprint density at radius 1 is 0.791 bits per heavy atom. The maximum atomic E-state index is 13.7. The number of carbonyl (C=O) groups is 2. The Hall–Kier alpha value is -4.80. The molecular formula is C33H29N3O5S2. The lowest BCUT2D eigenvalue weighted by molar-refractivity contribution is -0.115. The van der Waals surface area contributed by atoms with Crippen LogP contribution in [0.2, 0.25) is 0 Å². The van der Waals surface area contributed by atoms with Gasteiger partial charge in [-0.05, 0) is 66.2 Å². The molecule has 0 saturated carbocycles. The van der Waals surface area contributed by atoms with Crippen LogP contribution in [0.4, 0.5) is 10.8 Å². The summed E-state index contributed by atoms with van der Waals surface area (Å²) < 4.78 is 15.9. The van der Waals surface area contributed by atoms with Crippen LogP contribution in [0, 0.1) is 0 Å². The maximum absolute atomic E-state index is 13.7. The molecule has 1 unspecified atom stereocenters. The average Bonchev–Trinajstić information content (AvgIpc) is 3.52. The molecule has 218 valence electrons. The van der Waals surface area contributed by atoms with Gasteiger partial charge in [0.15, 0.2) is 16.6 Å². The zero-order valence-corrected chi connectivity index (χ0v) is 25.3. The van der Waals surface area contributed by atoms with E-state index in [9.17, 15) is 9.59 Å². The van der Waals surface area contributed by atoms with Crippen LogP contribution in [0.5, 0.6) is 17.2 Å². The van der Waals surface area contributed by atoms with Crippen molar-refractivity contribution in [1.82, 2.24) is 4.98 Å². The van der Waals surface area contributed by atoms with Crippen molar-refractivity contribution in [3.63, 3.8) is 0 Å². The molecule has 0 fully saturated rings. The van der Waals surface area contributed by atoms with Crippen molar-refractivity contribution in [2.24, 2.45) is 0 Å². The SMILES string of the molecule is COc1ccc(C(=O)Nc2cccc(SC(C(=O)Nc3nc(-c4ccc(OC)c(OC)c4)cs3)c3ccccc3)c2)cc1. The lowest BCUT2D eigenvalue weighted by Crippen LogP contribution is -2.19. The number of anilines is 2. The van der Waals surface area contributed by atoms with Gasteiger partial charge in [0, 0.05) is 27.1 Å². The van der Waals surface area contributed by atoms with Gasteiger partial charge in [0.05, 0.1) is 27.0 Å². The number of hydrogen-bond donors (Lipinski definition) is 2. The molecule has 1 atom stereocenters. The predicted molar refractivity (Wildman–Crippen MR) is 172 cm³/mol. The molecule has 43 heavy (non-hydrogen) atoms. The number of benzene rings is 4. The fraction of sp³-hybridized carbons (Fsp3) is 0.121. The van der Waals surface area contributed by atoms with Gasteiger partial charge in [-0.25, -0.2) is 4.98 Å². The predicted octanol–water partition coefficient (Wildman–Crippen LogP) is 7.56. The van der Waals surface area contributed by atoms with Gasteiger partial charge in [-0.2, -0.15) is 0 Å². The minimum Gasteiger partial charge on any atom is -0.497 e. The van der Waals surface area contributed by atoms with E-state index >= 15 is 0 Å². The molecule has 0 aliphatic rings. The average molecular weight is 612 g/mol. The maximum Gasteiger partial charge on any atom is 0.255 e. The number of hydrogen-bond acceptors (Lipinski definition) is 8. The number of thioether (sulfide) groups is 1. The van der Waals surface area contributed by atoms with Gasteiger partial charge >= 0.3 is 0 Å². The van der Waals surface area contributed by atoms with Crippen molar-refractivity contribution in [3.05, 3.63) is 114 Å². The molecule has 5 rings (SSSR count). The smallest absolute Gasteiger partial charge is 0.255 e. The first-order chi connectivity index (χ1) is 21.0. The first-order valence-electron chi connectivity index (χ1n) is 13.2. The summed E-state index contributed by atoms with van der Waals surface area (Å²) in [6.45, 7) is 0. The van der Waals surface area contributed by atoms with E-state index in [0.29, 0.717) is 39.3 Å². The first-order valence-corrected chi connectivity index (χ1v) is 15.0. The van der Waals surface area contributed by atoms with Crippen molar-refractivity contribution in [2.45, 2.75) is 10.1 Å². The van der Waals surface area contributed by atoms with Crippen LogP contribution in [0.3, 0.4) is 0 Å². The Bertz CT molecular complexity index is 1710. The lowest BCUT2D eigenvalue weighted by atomic mass is 10.1. The van der Waals surface area contributed by atoms with Crippen LogP contribution in [-0.4, -0.2) is 38.1 Å². The number of aromatic nitrogens is 1. The van der Waals surface area contributed by atoms with E-state index in [1.165, 1.54) is 23.1 Å². The summed E-state index contributed by atoms with van der Waals surface area (Å²) in [5.41, 5.74) is 3.53. The number of nitrogens with zero attached hydrogens (tertiary/aromatic N) is 1. The van der Waals surface area contributed by atoms with Gasteiger partial charge in [-0.15, -0.1) is 23.1 Å². The normalized spacial score (nSPS) is 11.3. The zero-order chi connectivity index (χ0) is 30.2. The highest BCUT2D eigenvalue weighted by molar-refractivity contribution is 8.00. The minimum absolute atomic E-state index is 0.211. The first kappa shape index (κ1) is 29.7. The summed E-state index contributed by atoms with van der Waals surface area (Å²) >= 11 is 2.73. The van der Waals surface area contributed by atoms with Gasteiger partial charge < -0.3 is 24.8 Å². The molecule has 4 aromatic carbocycles. The second-order valence-corrected chi connectivity index (χ2v) is 11.3. The monoisotopic (exact) mass is 611 g/mol. The van der Waals surface area contributed by atoms with Gasteiger partial charge in [-0.1, -0.05) is 36.4 Å². The number of thiazole rings is 1. The summed E-state index contributed by atoms with van der Waals surface area (Å²) in [5.74, 6) is 1.45. The molecule has 0 aliphatic carbocycles. The lowest BCUT2D eigenvalue weighted by Gasteiger charge is -2.17. The third kappa shape index (κ3) is 7.35.